The van der Waals surface area contributed by atoms with Crippen molar-refractivity contribution in [2.45, 2.75) is 32.7 Å². The molecule has 0 bridgehead atoms. The highest BCUT2D eigenvalue weighted by Gasteiger charge is 2.08. The van der Waals surface area contributed by atoms with Gasteiger partial charge in [-0.3, -0.25) is 14.7 Å². The molecule has 0 unspecified atom stereocenters. The van der Waals surface area contributed by atoms with Gasteiger partial charge in [-0.2, -0.15) is 0 Å². The molecule has 7 heteroatoms. The maximum atomic E-state index is 11.6. The highest BCUT2D eigenvalue weighted by atomic mass is 16.5. The van der Waals surface area contributed by atoms with Crippen LogP contribution < -0.4 is 16.2 Å². The lowest BCUT2D eigenvalue weighted by atomic mass is 10.3. The average molecular weight is 364 g/mol. The summed E-state index contributed by atoms with van der Waals surface area (Å²) in [7, 11) is 0. The second-order valence-electron chi connectivity index (χ2n) is 6.43. The first-order chi connectivity index (χ1) is 12.8. The molecule has 0 amide bonds. The van der Waals surface area contributed by atoms with Crippen LogP contribution >= 0.6 is 0 Å². The van der Waals surface area contributed by atoms with Crippen molar-refractivity contribution in [3.8, 4) is 0 Å². The van der Waals surface area contributed by atoms with Gasteiger partial charge in [0.25, 0.3) is 0 Å². The van der Waals surface area contributed by atoms with Crippen LogP contribution in [0.1, 0.15) is 26.2 Å². The molecule has 0 atom stereocenters. The number of unbranched alkanes of at least 4 members (excludes halogenated alkanes) is 1. The Bertz CT molecular complexity index is 581. The van der Waals surface area contributed by atoms with Crippen LogP contribution in [-0.2, 0) is 11.3 Å². The molecule has 2 heterocycles. The van der Waals surface area contributed by atoms with E-state index < -0.39 is 0 Å². The summed E-state index contributed by atoms with van der Waals surface area (Å²) in [6, 6.07) is 5.27. The Morgan fingerprint density at radius 2 is 2.00 bits per heavy atom. The first kappa shape index (κ1) is 20.5. The summed E-state index contributed by atoms with van der Waals surface area (Å²) >= 11 is 0. The van der Waals surface area contributed by atoms with Crippen molar-refractivity contribution in [1.82, 2.24) is 20.1 Å². The van der Waals surface area contributed by atoms with Crippen LogP contribution in [0, 0.1) is 0 Å². The van der Waals surface area contributed by atoms with E-state index in [0.29, 0.717) is 0 Å². The predicted octanol–water partition coefficient (Wildman–Crippen LogP) is 0.906. The molecule has 2 rings (SSSR count). The minimum Gasteiger partial charge on any atom is -0.379 e. The molecule has 1 saturated heterocycles. The quantitative estimate of drug-likeness (QED) is 0.367. The number of rotatable bonds is 10. The molecular weight excluding hydrogens is 330 g/mol. The van der Waals surface area contributed by atoms with E-state index in [9.17, 15) is 4.79 Å². The molecule has 1 aliphatic rings. The molecular formula is C19H33N5O2. The van der Waals surface area contributed by atoms with Gasteiger partial charge in [-0.15, -0.1) is 0 Å². The van der Waals surface area contributed by atoms with Crippen molar-refractivity contribution < 1.29 is 4.74 Å². The summed E-state index contributed by atoms with van der Waals surface area (Å²) in [5.74, 6) is 0.881. The fraction of sp³-hybridized carbons (Fsp3) is 0.684. The molecule has 146 valence electrons. The first-order valence-corrected chi connectivity index (χ1v) is 9.77. The lowest BCUT2D eigenvalue weighted by Crippen LogP contribution is -2.38. The van der Waals surface area contributed by atoms with Crippen LogP contribution in [0.25, 0.3) is 0 Å². The maximum absolute atomic E-state index is 11.6. The number of pyridine rings is 1. The van der Waals surface area contributed by atoms with Gasteiger partial charge in [0.2, 0.25) is 5.56 Å². The number of aromatic nitrogens is 1. The van der Waals surface area contributed by atoms with Gasteiger partial charge in [-0.1, -0.05) is 6.07 Å². The van der Waals surface area contributed by atoms with Gasteiger partial charge in [0.05, 0.1) is 13.2 Å². The van der Waals surface area contributed by atoms with Crippen LogP contribution in [0.4, 0.5) is 0 Å². The van der Waals surface area contributed by atoms with E-state index in [1.807, 2.05) is 12.3 Å². The van der Waals surface area contributed by atoms with Crippen LogP contribution in [0.2, 0.25) is 0 Å². The van der Waals surface area contributed by atoms with E-state index in [1.165, 1.54) is 0 Å². The average Bonchev–Trinajstić information content (AvgIpc) is 2.67. The van der Waals surface area contributed by atoms with E-state index in [0.717, 1.165) is 84.2 Å². The zero-order chi connectivity index (χ0) is 18.5. The molecule has 0 aliphatic carbocycles. The fourth-order valence-corrected chi connectivity index (χ4v) is 2.91. The molecule has 1 aliphatic heterocycles. The molecule has 1 aromatic rings. The molecule has 26 heavy (non-hydrogen) atoms. The molecule has 0 saturated carbocycles. The first-order valence-electron chi connectivity index (χ1n) is 9.77. The van der Waals surface area contributed by atoms with Gasteiger partial charge >= 0.3 is 0 Å². The number of hydrogen-bond donors (Lipinski definition) is 2. The Morgan fingerprint density at radius 3 is 2.77 bits per heavy atom. The summed E-state index contributed by atoms with van der Waals surface area (Å²) in [6.07, 6.45) is 4.87. The molecule has 2 N–H and O–H groups in total. The van der Waals surface area contributed by atoms with E-state index in [2.05, 4.69) is 27.4 Å². The molecule has 1 aromatic heterocycles. The Hall–Kier alpha value is -1.86. The largest absolute Gasteiger partial charge is 0.379 e. The zero-order valence-corrected chi connectivity index (χ0v) is 16.0. The van der Waals surface area contributed by atoms with Crippen molar-refractivity contribution in [2.75, 3.05) is 52.5 Å². The van der Waals surface area contributed by atoms with Crippen molar-refractivity contribution in [1.29, 1.82) is 0 Å². The molecule has 0 spiro atoms. The monoisotopic (exact) mass is 363 g/mol. The Balaban J connectivity index is 1.60. The van der Waals surface area contributed by atoms with Gasteiger partial charge < -0.3 is 19.9 Å². The lowest BCUT2D eigenvalue weighted by molar-refractivity contribution is 0.0377. The van der Waals surface area contributed by atoms with Gasteiger partial charge in [-0.25, -0.2) is 0 Å². The normalized spacial score (nSPS) is 15.8. The Labute approximate surface area is 156 Å². The van der Waals surface area contributed by atoms with E-state index >= 15 is 0 Å². The van der Waals surface area contributed by atoms with Crippen LogP contribution in [0.15, 0.2) is 34.2 Å². The smallest absolute Gasteiger partial charge is 0.250 e. The summed E-state index contributed by atoms with van der Waals surface area (Å²) < 4.78 is 7.12. The van der Waals surface area contributed by atoms with E-state index in [1.54, 1.807) is 16.7 Å². The molecule has 7 nitrogen and oxygen atoms in total. The number of nitrogens with zero attached hydrogens (tertiary/aromatic N) is 3. The highest BCUT2D eigenvalue weighted by molar-refractivity contribution is 5.79. The van der Waals surface area contributed by atoms with Crippen molar-refractivity contribution in [2.24, 2.45) is 4.99 Å². The fourth-order valence-electron chi connectivity index (χ4n) is 2.91. The van der Waals surface area contributed by atoms with Crippen LogP contribution in [0.3, 0.4) is 0 Å². The van der Waals surface area contributed by atoms with E-state index in [-0.39, 0.29) is 5.56 Å². The van der Waals surface area contributed by atoms with Gasteiger partial charge in [-0.05, 0) is 32.3 Å². The Kier molecular flexibility index (Phi) is 9.82. The maximum Gasteiger partial charge on any atom is 0.250 e. The van der Waals surface area contributed by atoms with Gasteiger partial charge in [0.1, 0.15) is 0 Å². The van der Waals surface area contributed by atoms with Crippen LogP contribution in [0.5, 0.6) is 0 Å². The summed E-state index contributed by atoms with van der Waals surface area (Å²) in [5.41, 5.74) is 0.0654. The second kappa shape index (κ2) is 12.5. The SMILES string of the molecule is CCNC(=NCCCN1CCOCC1)NCCCCn1ccccc1=O. The number of nitrogens with one attached hydrogen (secondary N) is 2. The number of aryl methyl sites for hydroxylation is 1. The number of ether oxygens (including phenoxy) is 1. The van der Waals surface area contributed by atoms with Crippen molar-refractivity contribution >= 4 is 5.96 Å². The van der Waals surface area contributed by atoms with Gasteiger partial charge in [0.15, 0.2) is 5.96 Å². The molecule has 1 fully saturated rings. The predicted molar refractivity (Wildman–Crippen MR) is 106 cm³/mol. The number of guanidine groups is 1. The third-order valence-corrected chi connectivity index (χ3v) is 4.37. The topological polar surface area (TPSA) is 70.9 Å². The van der Waals surface area contributed by atoms with Crippen molar-refractivity contribution in [3.05, 3.63) is 34.7 Å². The zero-order valence-electron chi connectivity index (χ0n) is 16.0. The van der Waals surface area contributed by atoms with Gasteiger partial charge in [0, 0.05) is 58.1 Å². The summed E-state index contributed by atoms with van der Waals surface area (Å²) in [5, 5.41) is 6.67. The van der Waals surface area contributed by atoms with E-state index in [4.69, 9.17) is 4.74 Å². The summed E-state index contributed by atoms with van der Waals surface area (Å²) in [4.78, 5) is 18.7. The standard InChI is InChI=1S/C19H33N5O2/c1-2-20-19(22-10-7-11-23-14-16-26-17-15-23)21-9-4-6-13-24-12-5-3-8-18(24)25/h3,5,8,12H,2,4,6-7,9-11,13-17H2,1H3,(H2,20,21,22). The third kappa shape index (κ3) is 8.01. The number of morpholine rings is 1. The highest BCUT2D eigenvalue weighted by Crippen LogP contribution is 1.98. The van der Waals surface area contributed by atoms with Crippen LogP contribution in [-0.4, -0.2) is 67.9 Å². The molecule has 0 aromatic carbocycles. The summed E-state index contributed by atoms with van der Waals surface area (Å²) in [6.45, 7) is 10.2. The second-order valence-corrected chi connectivity index (χ2v) is 6.43. The lowest BCUT2D eigenvalue weighted by Gasteiger charge is -2.26. The third-order valence-electron chi connectivity index (χ3n) is 4.37. The number of hydrogen-bond acceptors (Lipinski definition) is 4. The number of aliphatic imine (C=N–C) groups is 1. The molecule has 0 radical (unpaired) electrons. The minimum atomic E-state index is 0.0654. The van der Waals surface area contributed by atoms with Crippen molar-refractivity contribution in [3.63, 3.8) is 0 Å². The minimum absolute atomic E-state index is 0.0654. The Morgan fingerprint density at radius 1 is 1.15 bits per heavy atom.